The van der Waals surface area contributed by atoms with Crippen molar-refractivity contribution in [1.29, 1.82) is 0 Å². The van der Waals surface area contributed by atoms with E-state index >= 15 is 0 Å². The molecular weight excluding hydrogens is 328 g/mol. The van der Waals surface area contributed by atoms with Gasteiger partial charge >= 0.3 is 0 Å². The Hall–Kier alpha value is -0.830. The molecular formula is C16H30N4O3S. The second kappa shape index (κ2) is 7.59. The summed E-state index contributed by atoms with van der Waals surface area (Å²) in [5.41, 5.74) is 11.9. The molecule has 4 atom stereocenters. The van der Waals surface area contributed by atoms with Crippen LogP contribution in [0.2, 0.25) is 0 Å². The largest absolute Gasteiger partial charge is 0.391 e. The lowest BCUT2D eigenvalue weighted by Gasteiger charge is -2.46. The van der Waals surface area contributed by atoms with E-state index in [9.17, 15) is 14.7 Å². The molecule has 138 valence electrons. The van der Waals surface area contributed by atoms with Crippen molar-refractivity contribution in [2.75, 3.05) is 25.4 Å². The van der Waals surface area contributed by atoms with Gasteiger partial charge in [-0.2, -0.15) is 0 Å². The Balaban J connectivity index is 2.16. The van der Waals surface area contributed by atoms with Gasteiger partial charge in [0.2, 0.25) is 11.8 Å². The zero-order valence-corrected chi connectivity index (χ0v) is 15.6. The number of nitrogens with two attached hydrogens (primary N) is 2. The molecule has 0 saturated carbocycles. The van der Waals surface area contributed by atoms with Gasteiger partial charge in [-0.3, -0.25) is 9.59 Å². The van der Waals surface area contributed by atoms with Crippen molar-refractivity contribution in [3.8, 4) is 0 Å². The number of thioether (sulfide) groups is 1. The van der Waals surface area contributed by atoms with E-state index in [4.69, 9.17) is 11.5 Å². The van der Waals surface area contributed by atoms with Gasteiger partial charge in [-0.05, 0) is 25.7 Å². The van der Waals surface area contributed by atoms with Crippen molar-refractivity contribution in [3.05, 3.63) is 0 Å². The topological polar surface area (TPSA) is 113 Å². The second-order valence-corrected chi connectivity index (χ2v) is 8.64. The predicted octanol–water partition coefficient (Wildman–Crippen LogP) is -0.428. The summed E-state index contributed by atoms with van der Waals surface area (Å²) in [6, 6.07) is -1.44. The molecule has 2 amide bonds. The third-order valence-electron chi connectivity index (χ3n) is 5.00. The van der Waals surface area contributed by atoms with Crippen molar-refractivity contribution in [2.45, 2.75) is 56.7 Å². The molecule has 0 radical (unpaired) electrons. The number of nitrogens with zero attached hydrogens (tertiary/aromatic N) is 2. The first-order chi connectivity index (χ1) is 11.2. The molecule has 2 aliphatic heterocycles. The van der Waals surface area contributed by atoms with E-state index in [-0.39, 0.29) is 17.7 Å². The monoisotopic (exact) mass is 358 g/mol. The molecule has 0 aliphatic carbocycles. The first-order valence-corrected chi connectivity index (χ1v) is 9.61. The van der Waals surface area contributed by atoms with E-state index in [1.54, 1.807) is 21.6 Å². The molecule has 2 aliphatic rings. The van der Waals surface area contributed by atoms with E-state index in [0.717, 1.165) is 18.6 Å². The fraction of sp³-hybridized carbons (Fsp3) is 0.875. The highest BCUT2D eigenvalue weighted by atomic mass is 32.2. The normalized spacial score (nSPS) is 28.3. The number of carbonyl (C=O) groups excluding carboxylic acids is 2. The minimum absolute atomic E-state index is 0.0520. The Morgan fingerprint density at radius 2 is 1.79 bits per heavy atom. The lowest BCUT2D eigenvalue weighted by molar-refractivity contribution is -0.143. The van der Waals surface area contributed by atoms with Gasteiger partial charge in [0.1, 0.15) is 10.9 Å². The predicted molar refractivity (Wildman–Crippen MR) is 95.2 cm³/mol. The fourth-order valence-electron chi connectivity index (χ4n) is 3.33. The number of rotatable bonds is 4. The highest BCUT2D eigenvalue weighted by Gasteiger charge is 2.49. The molecule has 8 heteroatoms. The third kappa shape index (κ3) is 3.71. The summed E-state index contributed by atoms with van der Waals surface area (Å²) in [4.78, 5) is 28.4. The van der Waals surface area contributed by atoms with Crippen LogP contribution in [-0.4, -0.2) is 75.2 Å². The Labute approximate surface area is 148 Å². The molecule has 0 aromatic carbocycles. The van der Waals surface area contributed by atoms with Crippen molar-refractivity contribution in [2.24, 2.45) is 17.4 Å². The Morgan fingerprint density at radius 1 is 1.12 bits per heavy atom. The van der Waals surface area contributed by atoms with Crippen LogP contribution in [0.15, 0.2) is 0 Å². The SMILES string of the molecule is CC(C)[C@H](N)C(=O)N1CCCC2(C1)SCCN2C(=O)[C@@H](N)[C@@H](C)O. The van der Waals surface area contributed by atoms with Gasteiger partial charge < -0.3 is 26.4 Å². The van der Waals surface area contributed by atoms with Crippen molar-refractivity contribution < 1.29 is 14.7 Å². The number of amides is 2. The van der Waals surface area contributed by atoms with Crippen molar-refractivity contribution in [3.63, 3.8) is 0 Å². The molecule has 1 spiro atoms. The van der Waals surface area contributed by atoms with Gasteiger partial charge in [0.25, 0.3) is 0 Å². The van der Waals surface area contributed by atoms with Gasteiger partial charge in [0, 0.05) is 18.8 Å². The number of carbonyl (C=O) groups is 2. The number of aliphatic hydroxyl groups excluding tert-OH is 1. The average molecular weight is 359 g/mol. The van der Waals surface area contributed by atoms with Crippen LogP contribution in [0.25, 0.3) is 0 Å². The Kier molecular flexibility index (Phi) is 6.17. The van der Waals surface area contributed by atoms with Gasteiger partial charge in [0.15, 0.2) is 0 Å². The molecule has 1 unspecified atom stereocenters. The van der Waals surface area contributed by atoms with E-state index in [1.165, 1.54) is 6.92 Å². The van der Waals surface area contributed by atoms with Crippen LogP contribution in [0, 0.1) is 5.92 Å². The average Bonchev–Trinajstić information content (AvgIpc) is 2.94. The van der Waals surface area contributed by atoms with Crippen LogP contribution < -0.4 is 11.5 Å². The number of likely N-dealkylation sites (tertiary alicyclic amines) is 1. The smallest absolute Gasteiger partial charge is 0.243 e. The van der Waals surface area contributed by atoms with E-state index in [2.05, 4.69) is 0 Å². The minimum Gasteiger partial charge on any atom is -0.391 e. The maximum atomic E-state index is 12.7. The Bertz CT molecular complexity index is 488. The van der Waals surface area contributed by atoms with E-state index in [0.29, 0.717) is 19.6 Å². The molecule has 2 saturated heterocycles. The molecule has 24 heavy (non-hydrogen) atoms. The molecule has 2 heterocycles. The van der Waals surface area contributed by atoms with E-state index in [1.807, 2.05) is 13.8 Å². The zero-order chi connectivity index (χ0) is 18.1. The van der Waals surface area contributed by atoms with Crippen LogP contribution in [0.4, 0.5) is 0 Å². The number of aliphatic hydroxyl groups is 1. The summed E-state index contributed by atoms with van der Waals surface area (Å²) in [5.74, 6) is 0.602. The number of piperidine rings is 1. The summed E-state index contributed by atoms with van der Waals surface area (Å²) in [6.07, 6.45) is 0.768. The standard InChI is InChI=1S/C16H30N4O3S/c1-10(2)12(17)14(22)19-6-4-5-16(9-19)20(7-8-24-16)15(23)13(18)11(3)21/h10-13,21H,4-9,17-18H2,1-3H3/t11-,12+,13+,16?/m1/s1. The van der Waals surface area contributed by atoms with Gasteiger partial charge in [-0.15, -0.1) is 11.8 Å². The van der Waals surface area contributed by atoms with E-state index < -0.39 is 23.1 Å². The van der Waals surface area contributed by atoms with Crippen LogP contribution in [0.1, 0.15) is 33.6 Å². The maximum absolute atomic E-state index is 12.7. The van der Waals surface area contributed by atoms with Gasteiger partial charge in [-0.25, -0.2) is 0 Å². The van der Waals surface area contributed by atoms with Crippen LogP contribution >= 0.6 is 11.8 Å². The summed E-state index contributed by atoms with van der Waals surface area (Å²) in [6.45, 7) is 7.15. The molecule has 0 bridgehead atoms. The first-order valence-electron chi connectivity index (χ1n) is 8.63. The second-order valence-electron chi connectivity index (χ2n) is 7.18. The van der Waals surface area contributed by atoms with Crippen LogP contribution in [0.3, 0.4) is 0 Å². The first kappa shape index (κ1) is 19.5. The molecule has 2 rings (SSSR count). The summed E-state index contributed by atoms with van der Waals surface area (Å²) < 4.78 is 0. The summed E-state index contributed by atoms with van der Waals surface area (Å²) >= 11 is 1.71. The maximum Gasteiger partial charge on any atom is 0.243 e. The highest BCUT2D eigenvalue weighted by Crippen LogP contribution is 2.43. The van der Waals surface area contributed by atoms with Crippen LogP contribution in [0.5, 0.6) is 0 Å². The minimum atomic E-state index is -0.926. The van der Waals surface area contributed by atoms with Gasteiger partial charge in [-0.1, -0.05) is 13.8 Å². The van der Waals surface area contributed by atoms with Crippen molar-refractivity contribution >= 4 is 23.6 Å². The molecule has 7 nitrogen and oxygen atoms in total. The fourth-order valence-corrected chi connectivity index (χ4v) is 4.86. The molecule has 5 N–H and O–H groups in total. The quantitative estimate of drug-likeness (QED) is 0.629. The summed E-state index contributed by atoms with van der Waals surface area (Å²) in [5, 5.41) is 9.65. The number of hydrogen-bond donors (Lipinski definition) is 3. The highest BCUT2D eigenvalue weighted by molar-refractivity contribution is 8.00. The van der Waals surface area contributed by atoms with Gasteiger partial charge in [0.05, 0.1) is 18.7 Å². The van der Waals surface area contributed by atoms with Crippen LogP contribution in [-0.2, 0) is 9.59 Å². The molecule has 2 fully saturated rings. The third-order valence-corrected chi connectivity index (χ3v) is 6.47. The van der Waals surface area contributed by atoms with Crippen molar-refractivity contribution in [1.82, 2.24) is 9.80 Å². The number of hydrogen-bond acceptors (Lipinski definition) is 6. The summed E-state index contributed by atoms with van der Waals surface area (Å²) in [7, 11) is 0. The Morgan fingerprint density at radius 3 is 2.38 bits per heavy atom. The molecule has 0 aromatic rings. The lowest BCUT2D eigenvalue weighted by Crippen LogP contribution is -2.62. The molecule has 0 aromatic heterocycles. The lowest BCUT2D eigenvalue weighted by atomic mass is 9.98. The zero-order valence-electron chi connectivity index (χ0n) is 14.8.